The lowest BCUT2D eigenvalue weighted by Gasteiger charge is -2.02. The zero-order chi connectivity index (χ0) is 18.5. The van der Waals surface area contributed by atoms with Crippen LogP contribution in [0.5, 0.6) is 0 Å². The van der Waals surface area contributed by atoms with Crippen molar-refractivity contribution in [2.45, 2.75) is 6.92 Å². The minimum Gasteiger partial charge on any atom is -0.326 e. The lowest BCUT2D eigenvalue weighted by Crippen LogP contribution is -2.07. The highest BCUT2D eigenvalue weighted by Crippen LogP contribution is 2.26. The minimum absolute atomic E-state index is 0.112. The van der Waals surface area contributed by atoms with Gasteiger partial charge in [-0.05, 0) is 46.3 Å². The maximum Gasteiger partial charge on any atom is 0.250 e. The SMILES string of the molecule is CC(=O)Nc1ccc(-c2csc(NC(=O)/C=C/c3ccc(Br)s3)n2)cc1. The molecule has 0 fully saturated rings. The number of thiophene rings is 1. The monoisotopic (exact) mass is 447 g/mol. The van der Waals surface area contributed by atoms with Gasteiger partial charge in [0.2, 0.25) is 11.8 Å². The molecule has 0 saturated carbocycles. The number of thiazole rings is 1. The Labute approximate surface area is 166 Å². The van der Waals surface area contributed by atoms with Crippen LogP contribution in [0.25, 0.3) is 17.3 Å². The maximum atomic E-state index is 12.0. The van der Waals surface area contributed by atoms with Crippen molar-refractivity contribution in [3.8, 4) is 11.3 Å². The molecule has 3 aromatic rings. The molecular formula is C18H14BrN3O2S2. The van der Waals surface area contributed by atoms with Gasteiger partial charge in [0.05, 0.1) is 9.48 Å². The van der Waals surface area contributed by atoms with E-state index < -0.39 is 0 Å². The summed E-state index contributed by atoms with van der Waals surface area (Å²) < 4.78 is 1.02. The van der Waals surface area contributed by atoms with Crippen molar-refractivity contribution >= 4 is 67.3 Å². The summed E-state index contributed by atoms with van der Waals surface area (Å²) >= 11 is 6.30. The summed E-state index contributed by atoms with van der Waals surface area (Å²) in [4.78, 5) is 28.5. The van der Waals surface area contributed by atoms with E-state index in [9.17, 15) is 9.59 Å². The van der Waals surface area contributed by atoms with Gasteiger partial charge in [0, 0.05) is 34.5 Å². The molecule has 8 heteroatoms. The van der Waals surface area contributed by atoms with Gasteiger partial charge in [-0.2, -0.15) is 0 Å². The number of hydrogen-bond acceptors (Lipinski definition) is 5. The second kappa shape index (κ2) is 8.39. The number of halogens is 1. The Hall–Kier alpha value is -2.29. The van der Waals surface area contributed by atoms with Crippen LogP contribution in [0.15, 0.2) is 51.6 Å². The van der Waals surface area contributed by atoms with Crippen LogP contribution < -0.4 is 10.6 Å². The van der Waals surface area contributed by atoms with E-state index in [-0.39, 0.29) is 11.8 Å². The number of carbonyl (C=O) groups is 2. The highest BCUT2D eigenvalue weighted by atomic mass is 79.9. The molecule has 0 aliphatic heterocycles. The van der Waals surface area contributed by atoms with E-state index in [1.165, 1.54) is 24.3 Å². The van der Waals surface area contributed by atoms with Crippen molar-refractivity contribution < 1.29 is 9.59 Å². The molecule has 0 unspecified atom stereocenters. The minimum atomic E-state index is -0.226. The molecule has 2 N–H and O–H groups in total. The Morgan fingerprint density at radius 1 is 1.12 bits per heavy atom. The number of hydrogen-bond donors (Lipinski definition) is 2. The fourth-order valence-corrected chi connectivity index (χ4v) is 4.16. The smallest absolute Gasteiger partial charge is 0.250 e. The fourth-order valence-electron chi connectivity index (χ4n) is 2.11. The number of aromatic nitrogens is 1. The summed E-state index contributed by atoms with van der Waals surface area (Å²) in [6, 6.07) is 11.3. The second-order valence-electron chi connectivity index (χ2n) is 5.26. The first-order chi connectivity index (χ1) is 12.5. The predicted octanol–water partition coefficient (Wildman–Crippen LogP) is 5.24. The van der Waals surface area contributed by atoms with E-state index in [0.29, 0.717) is 5.13 Å². The largest absolute Gasteiger partial charge is 0.326 e. The summed E-state index contributed by atoms with van der Waals surface area (Å²) in [6.07, 6.45) is 3.25. The number of benzene rings is 1. The molecule has 2 amide bonds. The first-order valence-electron chi connectivity index (χ1n) is 7.57. The maximum absolute atomic E-state index is 12.0. The summed E-state index contributed by atoms with van der Waals surface area (Å²) in [5.41, 5.74) is 2.41. The molecule has 0 atom stereocenters. The number of nitrogens with one attached hydrogen (secondary N) is 2. The first-order valence-corrected chi connectivity index (χ1v) is 10.1. The molecule has 26 heavy (non-hydrogen) atoms. The molecule has 2 aromatic heterocycles. The van der Waals surface area contributed by atoms with Gasteiger partial charge in [-0.25, -0.2) is 4.98 Å². The number of rotatable bonds is 5. The Morgan fingerprint density at radius 2 is 1.88 bits per heavy atom. The third kappa shape index (κ3) is 5.10. The molecule has 0 aliphatic rings. The predicted molar refractivity (Wildman–Crippen MR) is 112 cm³/mol. The topological polar surface area (TPSA) is 71.1 Å². The number of amides is 2. The Balaban J connectivity index is 1.63. The van der Waals surface area contributed by atoms with Crippen LogP contribution in [-0.2, 0) is 9.59 Å². The zero-order valence-electron chi connectivity index (χ0n) is 13.7. The van der Waals surface area contributed by atoms with Crippen molar-refractivity contribution in [2.24, 2.45) is 0 Å². The van der Waals surface area contributed by atoms with Crippen LogP contribution in [0.2, 0.25) is 0 Å². The van der Waals surface area contributed by atoms with Gasteiger partial charge in [-0.15, -0.1) is 22.7 Å². The van der Waals surface area contributed by atoms with Crippen molar-refractivity contribution in [1.82, 2.24) is 4.98 Å². The highest BCUT2D eigenvalue weighted by molar-refractivity contribution is 9.11. The van der Waals surface area contributed by atoms with Gasteiger partial charge in [0.25, 0.3) is 0 Å². The van der Waals surface area contributed by atoms with Crippen molar-refractivity contribution in [1.29, 1.82) is 0 Å². The molecule has 0 saturated heterocycles. The molecule has 2 heterocycles. The Morgan fingerprint density at radius 3 is 2.54 bits per heavy atom. The van der Waals surface area contributed by atoms with Gasteiger partial charge in [0.15, 0.2) is 5.13 Å². The average molecular weight is 448 g/mol. The van der Waals surface area contributed by atoms with E-state index in [2.05, 4.69) is 31.5 Å². The lowest BCUT2D eigenvalue weighted by molar-refractivity contribution is -0.114. The third-order valence-corrected chi connectivity index (χ3v) is 5.57. The number of anilines is 2. The summed E-state index contributed by atoms with van der Waals surface area (Å²) in [6.45, 7) is 1.47. The van der Waals surface area contributed by atoms with E-state index in [1.807, 2.05) is 41.8 Å². The van der Waals surface area contributed by atoms with Crippen LogP contribution in [0.3, 0.4) is 0 Å². The van der Waals surface area contributed by atoms with Crippen molar-refractivity contribution in [3.63, 3.8) is 0 Å². The first kappa shape index (κ1) is 18.5. The van der Waals surface area contributed by atoms with Crippen LogP contribution in [0.4, 0.5) is 10.8 Å². The van der Waals surface area contributed by atoms with Gasteiger partial charge in [0.1, 0.15) is 0 Å². The molecule has 0 spiro atoms. The van der Waals surface area contributed by atoms with E-state index >= 15 is 0 Å². The molecule has 3 rings (SSSR count). The van der Waals surface area contributed by atoms with Crippen LogP contribution in [0, 0.1) is 0 Å². The van der Waals surface area contributed by atoms with E-state index in [4.69, 9.17) is 0 Å². The molecule has 0 bridgehead atoms. The van der Waals surface area contributed by atoms with E-state index in [1.54, 1.807) is 17.4 Å². The van der Waals surface area contributed by atoms with E-state index in [0.717, 1.165) is 25.6 Å². The third-order valence-electron chi connectivity index (χ3n) is 3.23. The van der Waals surface area contributed by atoms with Gasteiger partial charge >= 0.3 is 0 Å². The summed E-state index contributed by atoms with van der Waals surface area (Å²) in [7, 11) is 0. The van der Waals surface area contributed by atoms with Crippen molar-refractivity contribution in [2.75, 3.05) is 10.6 Å². The highest BCUT2D eigenvalue weighted by Gasteiger charge is 2.07. The second-order valence-corrected chi connectivity index (χ2v) is 8.61. The molecular weight excluding hydrogens is 434 g/mol. The molecule has 5 nitrogen and oxygen atoms in total. The Kier molecular flexibility index (Phi) is 5.97. The standard InChI is InChI=1S/C18H14BrN3O2S2/c1-11(23)20-13-4-2-12(3-5-13)15-10-25-18(21-15)22-17(24)9-7-14-6-8-16(19)26-14/h2-10H,1H3,(H,20,23)(H,21,22,24)/b9-7+. The van der Waals surface area contributed by atoms with Crippen LogP contribution in [-0.4, -0.2) is 16.8 Å². The van der Waals surface area contributed by atoms with Gasteiger partial charge in [-0.1, -0.05) is 12.1 Å². The molecule has 132 valence electrons. The molecule has 1 aromatic carbocycles. The average Bonchev–Trinajstić information content (AvgIpc) is 3.22. The summed E-state index contributed by atoms with van der Waals surface area (Å²) in [5.74, 6) is -0.337. The Bertz CT molecular complexity index is 961. The number of nitrogens with zero attached hydrogens (tertiary/aromatic N) is 1. The van der Waals surface area contributed by atoms with Crippen LogP contribution in [0.1, 0.15) is 11.8 Å². The molecule has 0 radical (unpaired) electrons. The summed E-state index contributed by atoms with van der Waals surface area (Å²) in [5, 5.41) is 7.90. The van der Waals surface area contributed by atoms with Gasteiger partial charge in [-0.3, -0.25) is 14.9 Å². The fraction of sp³-hybridized carbons (Fsp3) is 0.0556. The van der Waals surface area contributed by atoms with Gasteiger partial charge < -0.3 is 5.32 Å². The van der Waals surface area contributed by atoms with Crippen LogP contribution >= 0.6 is 38.6 Å². The normalized spacial score (nSPS) is 10.8. The molecule has 0 aliphatic carbocycles. The lowest BCUT2D eigenvalue weighted by atomic mass is 10.1. The zero-order valence-corrected chi connectivity index (χ0v) is 16.9. The number of carbonyl (C=O) groups excluding carboxylic acids is 2. The quantitative estimate of drug-likeness (QED) is 0.524. The van der Waals surface area contributed by atoms with Crippen molar-refractivity contribution in [3.05, 3.63) is 56.5 Å².